The Bertz CT molecular complexity index is 1260. The minimum absolute atomic E-state index is 0.155. The predicted molar refractivity (Wildman–Crippen MR) is 112 cm³/mol. The van der Waals surface area contributed by atoms with Gasteiger partial charge in [-0.1, -0.05) is 5.16 Å². The average molecular weight is 399 g/mol. The summed E-state index contributed by atoms with van der Waals surface area (Å²) in [4.78, 5) is 17.9. The Hall–Kier alpha value is -3.48. The summed E-state index contributed by atoms with van der Waals surface area (Å²) in [6, 6.07) is 11.5. The van der Waals surface area contributed by atoms with E-state index in [1.54, 1.807) is 0 Å². The number of aromatic nitrogens is 4. The zero-order valence-electron chi connectivity index (χ0n) is 16.6. The summed E-state index contributed by atoms with van der Waals surface area (Å²) in [5, 5.41) is 12.5. The van der Waals surface area contributed by atoms with Crippen LogP contribution in [0.4, 0.5) is 5.69 Å². The van der Waals surface area contributed by atoms with Gasteiger partial charge in [-0.05, 0) is 69.0 Å². The fourth-order valence-electron chi connectivity index (χ4n) is 3.85. The van der Waals surface area contributed by atoms with E-state index in [-0.39, 0.29) is 5.91 Å². The molecule has 30 heavy (non-hydrogen) atoms. The quantitative estimate of drug-likeness (QED) is 0.525. The van der Waals surface area contributed by atoms with E-state index in [1.165, 1.54) is 0 Å². The van der Waals surface area contributed by atoms with Crippen LogP contribution >= 0.6 is 0 Å². The molecule has 4 aromatic rings. The molecule has 3 aromatic heterocycles. The van der Waals surface area contributed by atoms with Crippen LogP contribution in [0.15, 0.2) is 47.1 Å². The van der Waals surface area contributed by atoms with Crippen LogP contribution in [0.1, 0.15) is 65.0 Å². The van der Waals surface area contributed by atoms with E-state index >= 15 is 0 Å². The maximum absolute atomic E-state index is 13.2. The second-order valence-corrected chi connectivity index (χ2v) is 8.29. The largest absolute Gasteiger partial charge is 0.335 e. The van der Waals surface area contributed by atoms with Gasteiger partial charge in [-0.2, -0.15) is 5.10 Å². The van der Waals surface area contributed by atoms with Crippen LogP contribution in [0.5, 0.6) is 0 Å². The number of aryl methyl sites for hydroxylation is 1. The Kier molecular flexibility index (Phi) is 3.78. The van der Waals surface area contributed by atoms with Crippen molar-refractivity contribution < 1.29 is 9.32 Å². The van der Waals surface area contributed by atoms with Gasteiger partial charge in [-0.25, -0.2) is 9.67 Å². The third-order valence-corrected chi connectivity index (χ3v) is 5.81. The SMILES string of the molecule is Cc1ccn(-c2ccc(NC(=O)c3cc(C4CC4)nc4onc(C5CC5)c34)cc2)n1. The first-order valence-corrected chi connectivity index (χ1v) is 10.4. The molecule has 2 aliphatic carbocycles. The van der Waals surface area contributed by atoms with Crippen molar-refractivity contribution in [1.29, 1.82) is 0 Å². The Morgan fingerprint density at radius 3 is 2.53 bits per heavy atom. The topological polar surface area (TPSA) is 85.8 Å². The first-order chi connectivity index (χ1) is 14.7. The third kappa shape index (κ3) is 3.07. The van der Waals surface area contributed by atoms with Crippen molar-refractivity contribution in [1.82, 2.24) is 19.9 Å². The minimum atomic E-state index is -0.155. The van der Waals surface area contributed by atoms with E-state index in [0.29, 0.717) is 23.1 Å². The number of carbonyl (C=O) groups excluding carboxylic acids is 1. The molecule has 7 heteroatoms. The smallest absolute Gasteiger partial charge is 0.259 e. The maximum atomic E-state index is 13.2. The van der Waals surface area contributed by atoms with E-state index in [1.807, 2.05) is 54.2 Å². The van der Waals surface area contributed by atoms with Gasteiger partial charge in [0.05, 0.1) is 28.0 Å². The maximum Gasteiger partial charge on any atom is 0.259 e. The summed E-state index contributed by atoms with van der Waals surface area (Å²) in [5.41, 5.74) is 5.52. The molecule has 1 amide bonds. The Balaban J connectivity index is 1.33. The monoisotopic (exact) mass is 399 g/mol. The number of nitrogens with zero attached hydrogens (tertiary/aromatic N) is 4. The van der Waals surface area contributed by atoms with Crippen LogP contribution in [-0.2, 0) is 0 Å². The molecular weight excluding hydrogens is 378 g/mol. The van der Waals surface area contributed by atoms with E-state index in [0.717, 1.165) is 59.5 Å². The van der Waals surface area contributed by atoms with Crippen LogP contribution < -0.4 is 5.32 Å². The lowest BCUT2D eigenvalue weighted by atomic mass is 10.0. The number of benzene rings is 1. The van der Waals surface area contributed by atoms with E-state index in [4.69, 9.17) is 4.52 Å². The highest BCUT2D eigenvalue weighted by Crippen LogP contribution is 2.45. The standard InChI is InChI=1S/C23H21N5O2/c1-13-10-11-28(26-13)17-8-6-16(7-9-17)24-22(29)18-12-19(14-2-3-14)25-23-20(18)21(27-30-23)15-4-5-15/h6-12,14-15H,2-5H2,1H3,(H,24,29). The molecule has 0 bridgehead atoms. The van der Waals surface area contributed by atoms with Gasteiger partial charge in [0.15, 0.2) is 0 Å². The highest BCUT2D eigenvalue weighted by Gasteiger charge is 2.34. The third-order valence-electron chi connectivity index (χ3n) is 5.81. The number of amides is 1. The zero-order valence-corrected chi connectivity index (χ0v) is 16.6. The summed E-state index contributed by atoms with van der Waals surface area (Å²) in [7, 11) is 0. The number of rotatable bonds is 5. The van der Waals surface area contributed by atoms with Crippen LogP contribution in [0.3, 0.4) is 0 Å². The van der Waals surface area contributed by atoms with Gasteiger partial charge in [-0.3, -0.25) is 4.79 Å². The van der Waals surface area contributed by atoms with Crippen molar-refractivity contribution in [3.63, 3.8) is 0 Å². The van der Waals surface area contributed by atoms with Gasteiger partial charge in [-0.15, -0.1) is 0 Å². The molecule has 0 radical (unpaired) electrons. The van der Waals surface area contributed by atoms with Crippen LogP contribution in [0.2, 0.25) is 0 Å². The number of hydrogen-bond donors (Lipinski definition) is 1. The van der Waals surface area contributed by atoms with Gasteiger partial charge in [0, 0.05) is 29.4 Å². The van der Waals surface area contributed by atoms with Crippen molar-refractivity contribution in [2.45, 2.75) is 44.4 Å². The van der Waals surface area contributed by atoms with Gasteiger partial charge in [0.1, 0.15) is 0 Å². The minimum Gasteiger partial charge on any atom is -0.335 e. The number of nitrogens with one attached hydrogen (secondary N) is 1. The lowest BCUT2D eigenvalue weighted by molar-refractivity contribution is 0.102. The summed E-state index contributed by atoms with van der Waals surface area (Å²) < 4.78 is 7.34. The van der Waals surface area contributed by atoms with Gasteiger partial charge >= 0.3 is 0 Å². The normalized spacial score (nSPS) is 16.2. The second-order valence-electron chi connectivity index (χ2n) is 8.29. The second kappa shape index (κ2) is 6.52. The summed E-state index contributed by atoms with van der Waals surface area (Å²) >= 11 is 0. The molecule has 0 atom stereocenters. The molecule has 2 aliphatic rings. The van der Waals surface area contributed by atoms with Crippen molar-refractivity contribution in [3.05, 3.63) is 65.2 Å². The van der Waals surface area contributed by atoms with E-state index < -0.39 is 0 Å². The highest BCUT2D eigenvalue weighted by atomic mass is 16.5. The average Bonchev–Trinajstić information content (AvgIpc) is 3.69. The predicted octanol–water partition coefficient (Wildman–Crippen LogP) is 4.72. The van der Waals surface area contributed by atoms with Crippen molar-refractivity contribution in [3.8, 4) is 5.69 Å². The van der Waals surface area contributed by atoms with Crippen LogP contribution in [0, 0.1) is 6.92 Å². The van der Waals surface area contributed by atoms with Gasteiger partial charge in [0.2, 0.25) is 0 Å². The lowest BCUT2D eigenvalue weighted by Gasteiger charge is -2.09. The fraction of sp³-hybridized carbons (Fsp3) is 0.304. The first kappa shape index (κ1) is 17.4. The number of fused-ring (bicyclic) bond motifs is 1. The van der Waals surface area contributed by atoms with Crippen molar-refractivity contribution in [2.24, 2.45) is 0 Å². The Morgan fingerprint density at radius 1 is 1.10 bits per heavy atom. The summed E-state index contributed by atoms with van der Waals surface area (Å²) in [5.74, 6) is 0.646. The molecular formula is C23H21N5O2. The molecule has 0 saturated heterocycles. The lowest BCUT2D eigenvalue weighted by Crippen LogP contribution is -2.13. The molecule has 1 N–H and O–H groups in total. The van der Waals surface area contributed by atoms with Gasteiger partial charge in [0.25, 0.3) is 11.6 Å². The summed E-state index contributed by atoms with van der Waals surface area (Å²) in [6.45, 7) is 1.96. The molecule has 2 fully saturated rings. The molecule has 0 spiro atoms. The van der Waals surface area contributed by atoms with Crippen LogP contribution in [0.25, 0.3) is 16.8 Å². The molecule has 6 rings (SSSR count). The number of carbonyl (C=O) groups is 1. The molecule has 1 aromatic carbocycles. The molecule has 0 unspecified atom stereocenters. The zero-order chi connectivity index (χ0) is 20.2. The highest BCUT2D eigenvalue weighted by molar-refractivity contribution is 6.12. The van der Waals surface area contributed by atoms with E-state index in [9.17, 15) is 4.79 Å². The fourth-order valence-corrected chi connectivity index (χ4v) is 3.85. The Labute approximate surface area is 173 Å². The molecule has 2 saturated carbocycles. The number of hydrogen-bond acceptors (Lipinski definition) is 5. The first-order valence-electron chi connectivity index (χ1n) is 10.4. The number of pyridine rings is 1. The summed E-state index contributed by atoms with van der Waals surface area (Å²) in [6.07, 6.45) is 6.30. The van der Waals surface area contributed by atoms with Crippen molar-refractivity contribution >= 4 is 22.7 Å². The van der Waals surface area contributed by atoms with Crippen molar-refractivity contribution in [2.75, 3.05) is 5.32 Å². The van der Waals surface area contributed by atoms with E-state index in [2.05, 4.69) is 20.6 Å². The number of anilines is 1. The van der Waals surface area contributed by atoms with Gasteiger partial charge < -0.3 is 9.84 Å². The Morgan fingerprint density at radius 2 is 1.87 bits per heavy atom. The molecule has 0 aliphatic heterocycles. The molecule has 3 heterocycles. The molecule has 7 nitrogen and oxygen atoms in total. The molecule has 150 valence electrons. The van der Waals surface area contributed by atoms with Crippen LogP contribution in [-0.4, -0.2) is 25.8 Å².